The lowest BCUT2D eigenvalue weighted by atomic mass is 10.2. The number of non-ortho nitro benzene ring substituents is 1. The number of rotatable bonds is 5. The summed E-state index contributed by atoms with van der Waals surface area (Å²) >= 11 is 0. The Kier molecular flexibility index (Phi) is 4.89. The average molecular weight is 315 g/mol. The van der Waals surface area contributed by atoms with Crippen molar-refractivity contribution >= 4 is 27.3 Å². The van der Waals surface area contributed by atoms with Gasteiger partial charge in [-0.3, -0.25) is 19.2 Å². The number of likely N-dealkylation sites (N-methyl/N-ethyl adjacent to an activating group) is 1. The molecular formula is C12H17N3O5S. The summed E-state index contributed by atoms with van der Waals surface area (Å²) in [6.45, 7) is 1.21. The molecule has 0 aliphatic heterocycles. The molecule has 1 aromatic carbocycles. The Labute approximate surface area is 123 Å². The van der Waals surface area contributed by atoms with E-state index in [2.05, 4.69) is 0 Å². The SMILES string of the molecule is Cc1ccc([N+](=O)[O-])cc1N(CC(=O)N(C)C)S(C)(=O)=O. The number of carbonyl (C=O) groups excluding carboxylic acids is 1. The summed E-state index contributed by atoms with van der Waals surface area (Å²) in [5.74, 6) is -0.425. The molecule has 0 aliphatic carbocycles. The van der Waals surface area contributed by atoms with Crippen LogP contribution >= 0.6 is 0 Å². The lowest BCUT2D eigenvalue weighted by molar-refractivity contribution is -0.384. The van der Waals surface area contributed by atoms with Crippen LogP contribution in [0.15, 0.2) is 18.2 Å². The van der Waals surface area contributed by atoms with Crippen molar-refractivity contribution in [3.63, 3.8) is 0 Å². The van der Waals surface area contributed by atoms with E-state index in [1.807, 2.05) is 0 Å². The van der Waals surface area contributed by atoms with E-state index in [4.69, 9.17) is 0 Å². The van der Waals surface area contributed by atoms with Gasteiger partial charge >= 0.3 is 0 Å². The second-order valence-corrected chi connectivity index (χ2v) is 6.69. The number of hydrogen-bond acceptors (Lipinski definition) is 5. The van der Waals surface area contributed by atoms with E-state index in [0.717, 1.165) is 16.6 Å². The second-order valence-electron chi connectivity index (χ2n) is 4.79. The summed E-state index contributed by atoms with van der Waals surface area (Å²) in [6.07, 6.45) is 0.953. The molecule has 0 N–H and O–H groups in total. The molecule has 0 unspecified atom stereocenters. The molecule has 0 saturated heterocycles. The Bertz CT molecular complexity index is 669. The van der Waals surface area contributed by atoms with E-state index >= 15 is 0 Å². The van der Waals surface area contributed by atoms with Crippen LogP contribution in [0.25, 0.3) is 0 Å². The van der Waals surface area contributed by atoms with Gasteiger partial charge < -0.3 is 4.90 Å². The van der Waals surface area contributed by atoms with Crippen molar-refractivity contribution in [1.29, 1.82) is 0 Å². The molecule has 0 heterocycles. The van der Waals surface area contributed by atoms with Gasteiger partial charge in [0.25, 0.3) is 5.69 Å². The van der Waals surface area contributed by atoms with Crippen LogP contribution in [-0.2, 0) is 14.8 Å². The minimum Gasteiger partial charge on any atom is -0.347 e. The zero-order valence-corrected chi connectivity index (χ0v) is 13.0. The first-order valence-corrected chi connectivity index (χ1v) is 7.81. The average Bonchev–Trinajstić information content (AvgIpc) is 2.34. The number of hydrogen-bond donors (Lipinski definition) is 0. The highest BCUT2D eigenvalue weighted by molar-refractivity contribution is 7.92. The smallest absolute Gasteiger partial charge is 0.271 e. The zero-order chi connectivity index (χ0) is 16.4. The first-order chi connectivity index (χ1) is 9.54. The first kappa shape index (κ1) is 16.9. The van der Waals surface area contributed by atoms with Crippen LogP contribution in [0.1, 0.15) is 5.56 Å². The van der Waals surface area contributed by atoms with Gasteiger partial charge in [0.1, 0.15) is 6.54 Å². The molecular weight excluding hydrogens is 298 g/mol. The fourth-order valence-corrected chi connectivity index (χ4v) is 2.52. The van der Waals surface area contributed by atoms with E-state index in [1.165, 1.54) is 31.1 Å². The molecule has 9 heteroatoms. The Morgan fingerprint density at radius 2 is 1.90 bits per heavy atom. The van der Waals surface area contributed by atoms with Gasteiger partial charge in [-0.2, -0.15) is 0 Å². The summed E-state index contributed by atoms with van der Waals surface area (Å²) in [4.78, 5) is 23.3. The lowest BCUT2D eigenvalue weighted by Gasteiger charge is -2.24. The van der Waals surface area contributed by atoms with Crippen LogP contribution in [0.3, 0.4) is 0 Å². The molecule has 8 nitrogen and oxygen atoms in total. The van der Waals surface area contributed by atoms with Crippen LogP contribution in [0.2, 0.25) is 0 Å². The highest BCUT2D eigenvalue weighted by atomic mass is 32.2. The van der Waals surface area contributed by atoms with Gasteiger partial charge in [-0.1, -0.05) is 6.07 Å². The maximum absolute atomic E-state index is 11.9. The van der Waals surface area contributed by atoms with Crippen LogP contribution in [0, 0.1) is 17.0 Å². The molecule has 0 saturated carbocycles. The standard InChI is InChI=1S/C12H17N3O5S/c1-9-5-6-10(15(17)18)7-11(9)14(21(4,19)20)8-12(16)13(2)3/h5-7H,8H2,1-4H3. The topological polar surface area (TPSA) is 101 Å². The van der Waals surface area contributed by atoms with Gasteiger partial charge in [0.15, 0.2) is 0 Å². The van der Waals surface area contributed by atoms with Crippen molar-refractivity contribution in [3.8, 4) is 0 Å². The molecule has 116 valence electrons. The van der Waals surface area contributed by atoms with Crippen LogP contribution < -0.4 is 4.31 Å². The number of amides is 1. The molecule has 0 radical (unpaired) electrons. The fourth-order valence-electron chi connectivity index (χ4n) is 1.63. The quantitative estimate of drug-likeness (QED) is 0.589. The Hall–Kier alpha value is -2.16. The summed E-state index contributed by atoms with van der Waals surface area (Å²) in [5.41, 5.74) is 0.418. The Morgan fingerprint density at radius 1 is 1.33 bits per heavy atom. The van der Waals surface area contributed by atoms with Gasteiger partial charge in [-0.05, 0) is 12.5 Å². The van der Waals surface area contributed by atoms with E-state index < -0.39 is 27.4 Å². The number of benzene rings is 1. The number of aryl methyl sites for hydroxylation is 1. The molecule has 21 heavy (non-hydrogen) atoms. The monoisotopic (exact) mass is 315 g/mol. The van der Waals surface area contributed by atoms with Crippen molar-refractivity contribution < 1.29 is 18.1 Å². The molecule has 0 spiro atoms. The van der Waals surface area contributed by atoms with Crippen molar-refractivity contribution in [1.82, 2.24) is 4.90 Å². The van der Waals surface area contributed by atoms with Gasteiger partial charge in [0, 0.05) is 26.2 Å². The van der Waals surface area contributed by atoms with E-state index in [0.29, 0.717) is 5.56 Å². The number of carbonyl (C=O) groups is 1. The first-order valence-electron chi connectivity index (χ1n) is 5.97. The molecule has 1 amide bonds. The summed E-state index contributed by atoms with van der Waals surface area (Å²) in [6, 6.07) is 3.89. The predicted molar refractivity (Wildman–Crippen MR) is 78.7 cm³/mol. The maximum Gasteiger partial charge on any atom is 0.271 e. The summed E-state index contributed by atoms with van der Waals surface area (Å²) in [7, 11) is -0.742. The maximum atomic E-state index is 11.9. The van der Waals surface area contributed by atoms with Gasteiger partial charge in [0.05, 0.1) is 16.9 Å². The number of anilines is 1. The molecule has 0 bridgehead atoms. The number of nitro groups is 1. The zero-order valence-electron chi connectivity index (χ0n) is 12.2. The van der Waals surface area contributed by atoms with Crippen molar-refractivity contribution in [2.75, 3.05) is 31.2 Å². The highest BCUT2D eigenvalue weighted by Crippen LogP contribution is 2.27. The second kappa shape index (κ2) is 6.08. The van der Waals surface area contributed by atoms with E-state index in [-0.39, 0.29) is 11.4 Å². The number of nitro benzene ring substituents is 1. The van der Waals surface area contributed by atoms with Crippen LogP contribution in [0.4, 0.5) is 11.4 Å². The van der Waals surface area contributed by atoms with Crippen molar-refractivity contribution in [2.45, 2.75) is 6.92 Å². The van der Waals surface area contributed by atoms with Crippen molar-refractivity contribution in [2.24, 2.45) is 0 Å². The minimum atomic E-state index is -3.75. The van der Waals surface area contributed by atoms with E-state index in [9.17, 15) is 23.3 Å². The minimum absolute atomic E-state index is 0.127. The van der Waals surface area contributed by atoms with Crippen molar-refractivity contribution in [3.05, 3.63) is 33.9 Å². The summed E-state index contributed by atoms with van der Waals surface area (Å²) in [5, 5.41) is 10.8. The van der Waals surface area contributed by atoms with E-state index in [1.54, 1.807) is 6.92 Å². The number of sulfonamides is 1. The molecule has 1 rings (SSSR count). The normalized spacial score (nSPS) is 11.0. The third-order valence-corrected chi connectivity index (χ3v) is 3.98. The Morgan fingerprint density at radius 3 is 2.33 bits per heavy atom. The summed E-state index contributed by atoms with van der Waals surface area (Å²) < 4.78 is 24.7. The van der Waals surface area contributed by atoms with Gasteiger partial charge in [-0.15, -0.1) is 0 Å². The highest BCUT2D eigenvalue weighted by Gasteiger charge is 2.24. The van der Waals surface area contributed by atoms with Gasteiger partial charge in [-0.25, -0.2) is 8.42 Å². The third-order valence-electron chi connectivity index (χ3n) is 2.85. The Balaban J connectivity index is 3.37. The van der Waals surface area contributed by atoms with Crippen LogP contribution in [-0.4, -0.2) is 51.0 Å². The molecule has 0 aromatic heterocycles. The molecule has 0 atom stereocenters. The number of nitrogens with zero attached hydrogens (tertiary/aromatic N) is 3. The fraction of sp³-hybridized carbons (Fsp3) is 0.417. The molecule has 1 aromatic rings. The van der Waals surface area contributed by atoms with Gasteiger partial charge in [0.2, 0.25) is 15.9 Å². The lowest BCUT2D eigenvalue weighted by Crippen LogP contribution is -2.40. The van der Waals surface area contributed by atoms with Crippen LogP contribution in [0.5, 0.6) is 0 Å². The third kappa shape index (κ3) is 4.15. The largest absolute Gasteiger partial charge is 0.347 e. The predicted octanol–water partition coefficient (Wildman–Crippen LogP) is 0.757. The molecule has 0 fully saturated rings. The molecule has 0 aliphatic rings.